The second-order valence-corrected chi connectivity index (χ2v) is 7.14. The number of carbonyl (C=O) groups excluding carboxylic acids is 2. The Morgan fingerprint density at radius 2 is 1.61 bits per heavy atom. The third-order valence-corrected chi connectivity index (χ3v) is 4.56. The van der Waals surface area contributed by atoms with Gasteiger partial charge in [-0.15, -0.1) is 0 Å². The van der Waals surface area contributed by atoms with Crippen LogP contribution in [0.2, 0.25) is 0 Å². The highest BCUT2D eigenvalue weighted by Gasteiger charge is 2.17. The molecule has 0 heterocycles. The van der Waals surface area contributed by atoms with E-state index in [1.54, 1.807) is 7.11 Å². The van der Waals surface area contributed by atoms with Gasteiger partial charge in [0.15, 0.2) is 0 Å². The molecule has 10 heteroatoms. The summed E-state index contributed by atoms with van der Waals surface area (Å²) in [4.78, 5) is 22.7. The first-order valence-electron chi connectivity index (χ1n) is 11.5. The molecule has 0 unspecified atom stereocenters. The molecule has 1 aromatic rings. The number of benzene rings is 1. The Morgan fingerprint density at radius 3 is 2.27 bits per heavy atom. The van der Waals surface area contributed by atoms with Crippen LogP contribution < -0.4 is 26.0 Å². The van der Waals surface area contributed by atoms with E-state index in [-0.39, 0.29) is 11.9 Å². The van der Waals surface area contributed by atoms with Crippen molar-refractivity contribution in [1.29, 1.82) is 0 Å². The van der Waals surface area contributed by atoms with Crippen molar-refractivity contribution in [3.63, 3.8) is 0 Å². The van der Waals surface area contributed by atoms with Crippen molar-refractivity contribution in [2.24, 2.45) is 0 Å². The second-order valence-electron chi connectivity index (χ2n) is 7.14. The summed E-state index contributed by atoms with van der Waals surface area (Å²) in [5.74, 6) is 0.728. The molecule has 4 N–H and O–H groups in total. The fourth-order valence-electron chi connectivity index (χ4n) is 2.89. The quantitative estimate of drug-likeness (QED) is 0.136. The van der Waals surface area contributed by atoms with Crippen LogP contribution in [0, 0.1) is 0 Å². The zero-order valence-corrected chi connectivity index (χ0v) is 19.9. The van der Waals surface area contributed by atoms with E-state index in [9.17, 15) is 9.59 Å². The topological polar surface area (TPSA) is 119 Å². The highest BCUT2D eigenvalue weighted by atomic mass is 16.6. The Labute approximate surface area is 197 Å². The molecule has 0 aliphatic heterocycles. The number of carbonyl (C=O) groups is 2. The molecule has 2 amide bonds. The van der Waals surface area contributed by atoms with Gasteiger partial charge in [-0.3, -0.25) is 9.59 Å². The minimum absolute atomic E-state index is 0.0339. The summed E-state index contributed by atoms with van der Waals surface area (Å²) in [6.07, 6.45) is 1.25. The van der Waals surface area contributed by atoms with Crippen LogP contribution in [0.3, 0.4) is 0 Å². The predicted octanol–water partition coefficient (Wildman–Crippen LogP) is -0.283. The molecule has 0 aromatic heterocycles. The molecule has 0 spiro atoms. The molecular formula is C23H40N4O6. The largest absolute Gasteiger partial charge is 0.491 e. The van der Waals surface area contributed by atoms with Crippen molar-refractivity contribution in [1.82, 2.24) is 21.3 Å². The maximum absolute atomic E-state index is 12.5. The van der Waals surface area contributed by atoms with E-state index in [1.165, 1.54) is 0 Å². The van der Waals surface area contributed by atoms with Gasteiger partial charge in [0.05, 0.1) is 39.1 Å². The van der Waals surface area contributed by atoms with Gasteiger partial charge in [-0.1, -0.05) is 19.1 Å². The molecule has 10 nitrogen and oxygen atoms in total. The zero-order chi connectivity index (χ0) is 24.0. The molecule has 1 atom stereocenters. The molecule has 0 fully saturated rings. The van der Waals surface area contributed by atoms with Crippen molar-refractivity contribution in [2.45, 2.75) is 19.4 Å². The lowest BCUT2D eigenvalue weighted by Crippen LogP contribution is -2.47. The second kappa shape index (κ2) is 20.4. The fraction of sp³-hybridized carbons (Fsp3) is 0.652. The lowest BCUT2D eigenvalue weighted by atomic mass is 10.0. The highest BCUT2D eigenvalue weighted by Crippen LogP contribution is 2.13. The lowest BCUT2D eigenvalue weighted by molar-refractivity contribution is -0.123. The number of rotatable bonds is 22. The van der Waals surface area contributed by atoms with Gasteiger partial charge >= 0.3 is 0 Å². The van der Waals surface area contributed by atoms with Crippen LogP contribution in [0.25, 0.3) is 0 Å². The Morgan fingerprint density at radius 1 is 0.939 bits per heavy atom. The predicted molar refractivity (Wildman–Crippen MR) is 127 cm³/mol. The van der Waals surface area contributed by atoms with Gasteiger partial charge in [0.1, 0.15) is 12.4 Å². The smallest absolute Gasteiger partial charge is 0.237 e. The molecule has 1 rings (SSSR count). The molecule has 1 aromatic carbocycles. The van der Waals surface area contributed by atoms with Crippen LogP contribution in [-0.4, -0.2) is 97.8 Å². The standard InChI is InChI=1S/C23H40N4O6/c1-3-26-22(23(29)27-11-10-24-8-9-25-19-28)18-20-4-6-21(7-5-20)33-17-16-32-15-14-31-13-12-30-2/h4-7,19,22,24,26H,3,8-18H2,1-2H3,(H,25,28)(H,27,29)/t22-/m0/s1. The number of hydrogen-bond donors (Lipinski definition) is 4. The summed E-state index contributed by atoms with van der Waals surface area (Å²) < 4.78 is 21.4. The van der Waals surface area contributed by atoms with Gasteiger partial charge in [0, 0.05) is 33.3 Å². The molecular weight excluding hydrogens is 428 g/mol. The van der Waals surface area contributed by atoms with E-state index in [0.29, 0.717) is 85.2 Å². The molecule has 0 aliphatic rings. The number of ether oxygens (including phenoxy) is 4. The number of hydrogen-bond acceptors (Lipinski definition) is 8. The highest BCUT2D eigenvalue weighted by molar-refractivity contribution is 5.82. The first-order chi connectivity index (χ1) is 16.2. The van der Waals surface area contributed by atoms with Crippen LogP contribution in [0.1, 0.15) is 12.5 Å². The van der Waals surface area contributed by atoms with Crippen molar-refractivity contribution >= 4 is 12.3 Å². The summed E-state index contributed by atoms with van der Waals surface area (Å²) >= 11 is 0. The fourth-order valence-corrected chi connectivity index (χ4v) is 2.89. The van der Waals surface area contributed by atoms with Gasteiger partial charge in [0.25, 0.3) is 0 Å². The Balaban J connectivity index is 2.25. The summed E-state index contributed by atoms with van der Waals surface area (Å²) in [5, 5.41) is 11.9. The first-order valence-corrected chi connectivity index (χ1v) is 11.5. The van der Waals surface area contributed by atoms with E-state index >= 15 is 0 Å². The maximum Gasteiger partial charge on any atom is 0.237 e. The lowest BCUT2D eigenvalue weighted by Gasteiger charge is -2.18. The summed E-state index contributed by atoms with van der Waals surface area (Å²) in [6.45, 7) is 8.22. The Kier molecular flexibility index (Phi) is 17.8. The Hall–Kier alpha value is -2.24. The van der Waals surface area contributed by atoms with Crippen molar-refractivity contribution in [3.05, 3.63) is 29.8 Å². The SMILES string of the molecule is CCN[C@@H](Cc1ccc(OCCOCCOCCOC)cc1)C(=O)NCCNCCNC=O. The average molecular weight is 469 g/mol. The molecule has 0 saturated carbocycles. The van der Waals surface area contributed by atoms with Crippen LogP contribution in [0.4, 0.5) is 0 Å². The number of amides is 2. The number of methoxy groups -OCH3 is 1. The third-order valence-electron chi connectivity index (χ3n) is 4.56. The molecule has 0 radical (unpaired) electrons. The van der Waals surface area contributed by atoms with Crippen LogP contribution in [-0.2, 0) is 30.2 Å². The molecule has 33 heavy (non-hydrogen) atoms. The zero-order valence-electron chi connectivity index (χ0n) is 19.9. The van der Waals surface area contributed by atoms with Crippen LogP contribution in [0.15, 0.2) is 24.3 Å². The summed E-state index contributed by atoms with van der Waals surface area (Å²) in [7, 11) is 1.64. The number of likely N-dealkylation sites (N-methyl/N-ethyl adjacent to an activating group) is 1. The van der Waals surface area contributed by atoms with Gasteiger partial charge in [0.2, 0.25) is 12.3 Å². The van der Waals surface area contributed by atoms with Gasteiger partial charge in [-0.05, 0) is 30.7 Å². The summed E-state index contributed by atoms with van der Waals surface area (Å²) in [5.41, 5.74) is 1.05. The summed E-state index contributed by atoms with van der Waals surface area (Å²) in [6, 6.07) is 7.44. The minimum Gasteiger partial charge on any atom is -0.491 e. The van der Waals surface area contributed by atoms with E-state index in [2.05, 4.69) is 21.3 Å². The van der Waals surface area contributed by atoms with E-state index in [4.69, 9.17) is 18.9 Å². The molecule has 188 valence electrons. The van der Waals surface area contributed by atoms with Crippen LogP contribution >= 0.6 is 0 Å². The maximum atomic E-state index is 12.5. The number of nitrogens with one attached hydrogen (secondary N) is 4. The van der Waals surface area contributed by atoms with Crippen molar-refractivity contribution in [3.8, 4) is 5.75 Å². The average Bonchev–Trinajstić information content (AvgIpc) is 2.83. The normalized spacial score (nSPS) is 11.7. The minimum atomic E-state index is -0.307. The van der Waals surface area contributed by atoms with Crippen molar-refractivity contribution < 1.29 is 28.5 Å². The Bertz CT molecular complexity index is 617. The monoisotopic (exact) mass is 468 g/mol. The molecule has 0 saturated heterocycles. The van der Waals surface area contributed by atoms with Gasteiger partial charge < -0.3 is 40.2 Å². The molecule has 0 aliphatic carbocycles. The van der Waals surface area contributed by atoms with Crippen LogP contribution in [0.5, 0.6) is 5.75 Å². The van der Waals surface area contributed by atoms with Gasteiger partial charge in [-0.2, -0.15) is 0 Å². The first kappa shape index (κ1) is 28.8. The van der Waals surface area contributed by atoms with E-state index in [1.807, 2.05) is 31.2 Å². The molecule has 0 bridgehead atoms. The third kappa shape index (κ3) is 15.3. The van der Waals surface area contributed by atoms with E-state index in [0.717, 1.165) is 11.3 Å². The van der Waals surface area contributed by atoms with Gasteiger partial charge in [-0.25, -0.2) is 0 Å². The van der Waals surface area contributed by atoms with Crippen molar-refractivity contribution in [2.75, 3.05) is 79.5 Å². The van der Waals surface area contributed by atoms with E-state index < -0.39 is 0 Å².